The van der Waals surface area contributed by atoms with Crippen LogP contribution in [-0.4, -0.2) is 59.1 Å². The van der Waals surface area contributed by atoms with E-state index < -0.39 is 0 Å². The fourth-order valence-electron chi connectivity index (χ4n) is 2.59. The molecule has 7 nitrogen and oxygen atoms in total. The first-order valence-electron chi connectivity index (χ1n) is 7.95. The van der Waals surface area contributed by atoms with Crippen molar-refractivity contribution in [2.75, 3.05) is 55.2 Å². The molecule has 0 bridgehead atoms. The first kappa shape index (κ1) is 15.8. The monoisotopic (exact) mass is 293 g/mol. The Kier molecular flexibility index (Phi) is 5.98. The Labute approximate surface area is 127 Å². The van der Waals surface area contributed by atoms with Gasteiger partial charge >= 0.3 is 0 Å². The Morgan fingerprint density at radius 2 is 1.90 bits per heavy atom. The van der Waals surface area contributed by atoms with E-state index in [0.29, 0.717) is 11.9 Å². The molecule has 0 aromatic carbocycles. The van der Waals surface area contributed by atoms with Gasteiger partial charge in [0.25, 0.3) is 0 Å². The van der Waals surface area contributed by atoms with Crippen LogP contribution < -0.4 is 16.0 Å². The van der Waals surface area contributed by atoms with Gasteiger partial charge in [0.1, 0.15) is 0 Å². The lowest BCUT2D eigenvalue weighted by Crippen LogP contribution is -2.30. The summed E-state index contributed by atoms with van der Waals surface area (Å²) in [5.41, 5.74) is 5.79. The number of nitrogens with two attached hydrogens (primary N) is 1. The van der Waals surface area contributed by atoms with E-state index in [1.165, 1.54) is 19.3 Å². The summed E-state index contributed by atoms with van der Waals surface area (Å²) in [4.78, 5) is 17.5. The van der Waals surface area contributed by atoms with Crippen LogP contribution in [-0.2, 0) is 0 Å². The average molecular weight is 293 g/mol. The summed E-state index contributed by atoms with van der Waals surface area (Å²) in [6, 6.07) is 0. The number of likely N-dealkylation sites (N-methyl/N-ethyl adjacent to an activating group) is 1. The molecule has 1 aliphatic heterocycles. The summed E-state index contributed by atoms with van der Waals surface area (Å²) >= 11 is 0. The third-order valence-corrected chi connectivity index (χ3v) is 3.73. The van der Waals surface area contributed by atoms with Crippen LogP contribution in [0, 0.1) is 0 Å². The number of nitrogens with zero attached hydrogens (tertiary/aromatic N) is 5. The SMILES string of the molecule is CCCN(CC)CCNc1nc(N)nc(N2CCCC2)n1. The van der Waals surface area contributed by atoms with Crippen molar-refractivity contribution < 1.29 is 0 Å². The molecule has 0 atom stereocenters. The van der Waals surface area contributed by atoms with Gasteiger partial charge in [-0.3, -0.25) is 0 Å². The minimum absolute atomic E-state index is 0.287. The topological polar surface area (TPSA) is 83.2 Å². The highest BCUT2D eigenvalue weighted by Gasteiger charge is 2.16. The van der Waals surface area contributed by atoms with E-state index in [-0.39, 0.29) is 5.95 Å². The molecular weight excluding hydrogens is 266 g/mol. The Morgan fingerprint density at radius 1 is 1.14 bits per heavy atom. The number of nitrogen functional groups attached to an aromatic ring is 1. The van der Waals surface area contributed by atoms with Gasteiger partial charge in [-0.15, -0.1) is 0 Å². The molecule has 0 spiro atoms. The number of nitrogens with one attached hydrogen (secondary N) is 1. The Hall–Kier alpha value is -1.63. The van der Waals surface area contributed by atoms with Crippen LogP contribution in [0.1, 0.15) is 33.1 Å². The predicted octanol–water partition coefficient (Wildman–Crippen LogP) is 1.20. The Bertz CT molecular complexity index is 431. The molecule has 0 aliphatic carbocycles. The summed E-state index contributed by atoms with van der Waals surface area (Å²) < 4.78 is 0. The molecule has 1 aromatic heterocycles. The van der Waals surface area contributed by atoms with Crippen LogP contribution in [0.25, 0.3) is 0 Å². The fourth-order valence-corrected chi connectivity index (χ4v) is 2.59. The van der Waals surface area contributed by atoms with Gasteiger partial charge in [-0.2, -0.15) is 15.0 Å². The van der Waals surface area contributed by atoms with Gasteiger partial charge in [0.2, 0.25) is 17.8 Å². The Balaban J connectivity index is 1.90. The van der Waals surface area contributed by atoms with Crippen molar-refractivity contribution >= 4 is 17.8 Å². The van der Waals surface area contributed by atoms with Gasteiger partial charge < -0.3 is 20.9 Å². The highest BCUT2D eigenvalue weighted by atomic mass is 15.3. The number of hydrogen-bond donors (Lipinski definition) is 2. The van der Waals surface area contributed by atoms with Crippen molar-refractivity contribution in [2.45, 2.75) is 33.1 Å². The van der Waals surface area contributed by atoms with E-state index in [2.05, 4.69) is 43.9 Å². The number of hydrogen-bond acceptors (Lipinski definition) is 7. The highest BCUT2D eigenvalue weighted by molar-refractivity contribution is 5.42. The van der Waals surface area contributed by atoms with Crippen LogP contribution >= 0.6 is 0 Å². The predicted molar refractivity (Wildman–Crippen MR) is 86.6 cm³/mol. The molecule has 118 valence electrons. The van der Waals surface area contributed by atoms with Gasteiger partial charge in [-0.1, -0.05) is 13.8 Å². The summed E-state index contributed by atoms with van der Waals surface area (Å²) in [6.07, 6.45) is 3.55. The first-order valence-corrected chi connectivity index (χ1v) is 7.95. The van der Waals surface area contributed by atoms with Crippen molar-refractivity contribution in [1.82, 2.24) is 19.9 Å². The standard InChI is InChI=1S/C14H27N7/c1-3-8-20(4-2)11-7-16-13-17-12(15)18-14(19-13)21-9-5-6-10-21/h3-11H2,1-2H3,(H3,15,16,17,18,19). The lowest BCUT2D eigenvalue weighted by Gasteiger charge is -2.20. The molecule has 2 rings (SSSR count). The molecule has 3 N–H and O–H groups in total. The number of rotatable bonds is 8. The molecule has 0 unspecified atom stereocenters. The van der Waals surface area contributed by atoms with Crippen LogP contribution in [0.5, 0.6) is 0 Å². The van der Waals surface area contributed by atoms with Crippen LogP contribution in [0.2, 0.25) is 0 Å². The van der Waals surface area contributed by atoms with E-state index in [4.69, 9.17) is 5.73 Å². The molecule has 0 saturated carbocycles. The molecule has 1 fully saturated rings. The van der Waals surface area contributed by atoms with E-state index in [1.54, 1.807) is 0 Å². The van der Waals surface area contributed by atoms with E-state index >= 15 is 0 Å². The molecule has 7 heteroatoms. The van der Waals surface area contributed by atoms with Gasteiger partial charge in [-0.05, 0) is 32.4 Å². The van der Waals surface area contributed by atoms with Gasteiger partial charge in [-0.25, -0.2) is 0 Å². The van der Waals surface area contributed by atoms with E-state index in [1.807, 2.05) is 0 Å². The first-order chi connectivity index (χ1) is 10.2. The Morgan fingerprint density at radius 3 is 2.57 bits per heavy atom. The minimum Gasteiger partial charge on any atom is -0.368 e. The second-order valence-corrected chi connectivity index (χ2v) is 5.37. The molecule has 0 radical (unpaired) electrons. The van der Waals surface area contributed by atoms with Gasteiger partial charge in [0.05, 0.1) is 0 Å². The largest absolute Gasteiger partial charge is 0.368 e. The van der Waals surface area contributed by atoms with Gasteiger partial charge in [0, 0.05) is 26.2 Å². The minimum atomic E-state index is 0.287. The molecule has 1 aromatic rings. The average Bonchev–Trinajstić information content (AvgIpc) is 3.00. The lowest BCUT2D eigenvalue weighted by atomic mass is 10.4. The molecular formula is C14H27N7. The third kappa shape index (κ3) is 4.70. The zero-order valence-electron chi connectivity index (χ0n) is 13.2. The van der Waals surface area contributed by atoms with Crippen molar-refractivity contribution in [3.05, 3.63) is 0 Å². The van der Waals surface area contributed by atoms with Gasteiger partial charge in [0.15, 0.2) is 0 Å². The summed E-state index contributed by atoms with van der Waals surface area (Å²) in [5, 5.41) is 3.26. The maximum Gasteiger partial charge on any atom is 0.231 e. The highest BCUT2D eigenvalue weighted by Crippen LogP contribution is 2.17. The van der Waals surface area contributed by atoms with Crippen LogP contribution in [0.15, 0.2) is 0 Å². The van der Waals surface area contributed by atoms with Crippen molar-refractivity contribution in [1.29, 1.82) is 0 Å². The quantitative estimate of drug-likeness (QED) is 0.745. The third-order valence-electron chi connectivity index (χ3n) is 3.73. The molecule has 21 heavy (non-hydrogen) atoms. The van der Waals surface area contributed by atoms with Crippen molar-refractivity contribution in [3.63, 3.8) is 0 Å². The van der Waals surface area contributed by atoms with Crippen molar-refractivity contribution in [2.24, 2.45) is 0 Å². The number of anilines is 3. The summed E-state index contributed by atoms with van der Waals surface area (Å²) in [7, 11) is 0. The summed E-state index contributed by atoms with van der Waals surface area (Å²) in [6.45, 7) is 10.4. The maximum absolute atomic E-state index is 5.79. The molecule has 0 amide bonds. The number of aromatic nitrogens is 3. The normalized spacial score (nSPS) is 14.9. The fraction of sp³-hybridized carbons (Fsp3) is 0.786. The van der Waals surface area contributed by atoms with Crippen molar-refractivity contribution in [3.8, 4) is 0 Å². The molecule has 1 aliphatic rings. The lowest BCUT2D eigenvalue weighted by molar-refractivity contribution is 0.300. The smallest absolute Gasteiger partial charge is 0.231 e. The van der Waals surface area contributed by atoms with Crippen LogP contribution in [0.3, 0.4) is 0 Å². The second kappa shape index (κ2) is 7.97. The van der Waals surface area contributed by atoms with Crippen LogP contribution in [0.4, 0.5) is 17.8 Å². The zero-order chi connectivity index (χ0) is 15.1. The molecule has 1 saturated heterocycles. The van der Waals surface area contributed by atoms with E-state index in [0.717, 1.165) is 39.3 Å². The molecule has 2 heterocycles. The van der Waals surface area contributed by atoms with E-state index in [9.17, 15) is 0 Å². The maximum atomic E-state index is 5.79. The summed E-state index contributed by atoms with van der Waals surface area (Å²) in [5.74, 6) is 1.57. The second-order valence-electron chi connectivity index (χ2n) is 5.37. The zero-order valence-corrected chi connectivity index (χ0v) is 13.2.